The fraction of sp³-hybridized carbons (Fsp3) is 0.567. The minimum atomic E-state index is -4.51. The molecule has 3 aliphatic heterocycles. The van der Waals surface area contributed by atoms with Crippen LogP contribution in [0, 0.1) is 11.3 Å². The number of aromatic nitrogens is 1. The van der Waals surface area contributed by atoms with Gasteiger partial charge >= 0.3 is 12.2 Å². The van der Waals surface area contributed by atoms with E-state index in [0.29, 0.717) is 62.5 Å². The van der Waals surface area contributed by atoms with Crippen LogP contribution in [-0.4, -0.2) is 84.9 Å². The first-order chi connectivity index (χ1) is 20.2. The Bertz CT molecular complexity index is 1310. The van der Waals surface area contributed by atoms with E-state index in [1.54, 1.807) is 16.9 Å². The number of para-hydroxylation sites is 1. The van der Waals surface area contributed by atoms with E-state index in [1.807, 2.05) is 30.3 Å². The molecule has 4 aliphatic rings. The summed E-state index contributed by atoms with van der Waals surface area (Å²) in [6.45, 7) is 2.25. The van der Waals surface area contributed by atoms with Crippen molar-refractivity contribution in [3.8, 4) is 0 Å². The van der Waals surface area contributed by atoms with Crippen molar-refractivity contribution in [3.63, 3.8) is 0 Å². The van der Waals surface area contributed by atoms with Gasteiger partial charge in [-0.15, -0.1) is 0 Å². The molecule has 0 radical (unpaired) electrons. The zero-order valence-electron chi connectivity index (χ0n) is 23.5. The number of fused-ring (bicyclic) bond motifs is 2. The summed E-state index contributed by atoms with van der Waals surface area (Å²) in [5, 5.41) is 6.66. The third-order valence-electron chi connectivity index (χ3n) is 9.32. The lowest BCUT2D eigenvalue weighted by molar-refractivity contribution is -0.143. The van der Waals surface area contributed by atoms with Crippen molar-refractivity contribution in [2.24, 2.45) is 11.3 Å². The lowest BCUT2D eigenvalue weighted by Crippen LogP contribution is -2.52. The first-order valence-corrected chi connectivity index (χ1v) is 14.5. The summed E-state index contributed by atoms with van der Waals surface area (Å²) in [7, 11) is 1.67. The number of pyridine rings is 1. The van der Waals surface area contributed by atoms with E-state index in [1.165, 1.54) is 0 Å². The number of hydrogen-bond donors (Lipinski definition) is 2. The normalized spacial score (nSPS) is 29.2. The van der Waals surface area contributed by atoms with Crippen LogP contribution in [0.3, 0.4) is 0 Å². The molecular formula is C30H36F3N5O4. The molecule has 0 spiro atoms. The molecule has 3 amide bonds. The zero-order chi connectivity index (χ0) is 29.5. The van der Waals surface area contributed by atoms with Crippen molar-refractivity contribution in [1.29, 1.82) is 0 Å². The quantitative estimate of drug-likeness (QED) is 0.554. The summed E-state index contributed by atoms with van der Waals surface area (Å²) in [6, 6.07) is 10.1. The van der Waals surface area contributed by atoms with E-state index in [2.05, 4.69) is 15.6 Å². The average Bonchev–Trinajstić information content (AvgIpc) is 3.51. The highest BCUT2D eigenvalue weighted by molar-refractivity contribution is 5.91. The first-order valence-electron chi connectivity index (χ1n) is 14.5. The molecule has 2 aromatic rings. The van der Waals surface area contributed by atoms with E-state index < -0.39 is 17.2 Å². The van der Waals surface area contributed by atoms with Crippen molar-refractivity contribution in [2.75, 3.05) is 45.3 Å². The Hall–Kier alpha value is -3.22. The van der Waals surface area contributed by atoms with Crippen molar-refractivity contribution >= 4 is 17.6 Å². The van der Waals surface area contributed by atoms with Crippen molar-refractivity contribution in [1.82, 2.24) is 20.1 Å². The maximum absolute atomic E-state index is 14.4. The number of anilines is 1. The second-order valence-electron chi connectivity index (χ2n) is 11.9. The largest absolute Gasteiger partial charge is 0.417 e. The van der Waals surface area contributed by atoms with Gasteiger partial charge < -0.3 is 29.9 Å². The number of carbonyl (C=O) groups excluding carboxylic acids is 2. The van der Waals surface area contributed by atoms with E-state index in [0.717, 1.165) is 18.7 Å². The zero-order valence-corrected chi connectivity index (χ0v) is 23.5. The SMILES string of the molecule is COC1COCCC1N[C@@H]1C[C@H]2CN(C(=O)Nc3ccccc3)C[C@@]2(C(=O)N2CCc3ncc(C(F)(F)F)cc3C2)C1. The second-order valence-corrected chi connectivity index (χ2v) is 11.9. The number of alkyl halides is 3. The molecule has 2 N–H and O–H groups in total. The minimum Gasteiger partial charge on any atom is -0.379 e. The lowest BCUT2D eigenvalue weighted by Gasteiger charge is -2.37. The highest BCUT2D eigenvalue weighted by Gasteiger charge is 2.60. The Kier molecular flexibility index (Phi) is 7.88. The molecular weight excluding hydrogens is 551 g/mol. The van der Waals surface area contributed by atoms with E-state index >= 15 is 0 Å². The highest BCUT2D eigenvalue weighted by Crippen LogP contribution is 2.51. The molecule has 226 valence electrons. The van der Waals surface area contributed by atoms with Crippen LogP contribution in [0.25, 0.3) is 0 Å². The number of benzene rings is 1. The standard InChI is InChI=1S/C30H36F3N5O4/c1-41-26-17-42-10-8-25(26)35-23-12-21-16-38(28(40)36-22-5-3-2-4-6-22)18-29(21,13-23)27(39)37-9-7-24-19(15-37)11-20(14-34-24)30(31,32)33/h2-6,11,14,21,23,25-26,35H,7-10,12-13,15-18H2,1H3,(H,36,40)/t21-,23+,25?,26?,29-/m0/s1. The number of ether oxygens (including phenoxy) is 2. The van der Waals surface area contributed by atoms with Crippen LogP contribution in [0.4, 0.5) is 23.7 Å². The molecule has 9 nitrogen and oxygen atoms in total. The molecule has 2 saturated heterocycles. The number of methoxy groups -OCH3 is 1. The minimum absolute atomic E-state index is 0.0367. The van der Waals surface area contributed by atoms with Gasteiger partial charge in [0.1, 0.15) is 0 Å². The summed E-state index contributed by atoms with van der Waals surface area (Å²) in [5.41, 5.74) is 0.0291. The van der Waals surface area contributed by atoms with Crippen LogP contribution < -0.4 is 10.6 Å². The molecule has 5 atom stereocenters. The Balaban J connectivity index is 1.23. The van der Waals surface area contributed by atoms with Crippen LogP contribution >= 0.6 is 0 Å². The molecule has 1 aliphatic carbocycles. The van der Waals surface area contributed by atoms with Gasteiger partial charge in [-0.3, -0.25) is 9.78 Å². The summed E-state index contributed by atoms with van der Waals surface area (Å²) in [4.78, 5) is 35.2. The van der Waals surface area contributed by atoms with Gasteiger partial charge in [-0.1, -0.05) is 18.2 Å². The lowest BCUT2D eigenvalue weighted by atomic mass is 9.78. The maximum Gasteiger partial charge on any atom is 0.417 e. The van der Waals surface area contributed by atoms with Gasteiger partial charge in [0.2, 0.25) is 5.91 Å². The number of halogens is 3. The van der Waals surface area contributed by atoms with Crippen molar-refractivity contribution < 1.29 is 32.2 Å². The topological polar surface area (TPSA) is 96.0 Å². The van der Waals surface area contributed by atoms with Crippen LogP contribution in [0.1, 0.15) is 36.1 Å². The van der Waals surface area contributed by atoms with Gasteiger partial charge in [0, 0.05) is 76.0 Å². The van der Waals surface area contributed by atoms with Crippen LogP contribution in [0.2, 0.25) is 0 Å². The average molecular weight is 588 g/mol. The number of likely N-dealkylation sites (tertiary alicyclic amines) is 1. The maximum atomic E-state index is 14.4. The fourth-order valence-corrected chi connectivity index (χ4v) is 7.22. The summed E-state index contributed by atoms with van der Waals surface area (Å²) >= 11 is 0. The molecule has 42 heavy (non-hydrogen) atoms. The Morgan fingerprint density at radius 1 is 1.19 bits per heavy atom. The van der Waals surface area contributed by atoms with Gasteiger partial charge in [0.05, 0.1) is 23.7 Å². The van der Waals surface area contributed by atoms with Gasteiger partial charge in [-0.25, -0.2) is 4.79 Å². The summed E-state index contributed by atoms with van der Waals surface area (Å²) in [5.74, 6) is -0.198. The number of rotatable bonds is 5. The third kappa shape index (κ3) is 5.59. The predicted molar refractivity (Wildman–Crippen MR) is 147 cm³/mol. The third-order valence-corrected chi connectivity index (χ3v) is 9.32. The number of amides is 3. The smallest absolute Gasteiger partial charge is 0.379 e. The molecule has 4 heterocycles. The van der Waals surface area contributed by atoms with Gasteiger partial charge in [-0.05, 0) is 48.9 Å². The fourth-order valence-electron chi connectivity index (χ4n) is 7.22. The van der Waals surface area contributed by atoms with E-state index in [-0.39, 0.29) is 49.1 Å². The number of hydrogen-bond acceptors (Lipinski definition) is 6. The van der Waals surface area contributed by atoms with Gasteiger partial charge in [-0.2, -0.15) is 13.2 Å². The molecule has 3 fully saturated rings. The molecule has 2 unspecified atom stereocenters. The monoisotopic (exact) mass is 587 g/mol. The highest BCUT2D eigenvalue weighted by atomic mass is 19.4. The molecule has 1 aromatic heterocycles. The summed E-state index contributed by atoms with van der Waals surface area (Å²) in [6.07, 6.45) is -1.32. The first kappa shape index (κ1) is 28.9. The number of urea groups is 1. The number of nitrogens with zero attached hydrogens (tertiary/aromatic N) is 3. The van der Waals surface area contributed by atoms with Crippen LogP contribution in [0.5, 0.6) is 0 Å². The number of carbonyl (C=O) groups is 2. The van der Waals surface area contributed by atoms with Gasteiger partial charge in [0.15, 0.2) is 0 Å². The van der Waals surface area contributed by atoms with Crippen molar-refractivity contribution in [3.05, 3.63) is 59.4 Å². The molecule has 6 rings (SSSR count). The van der Waals surface area contributed by atoms with Gasteiger partial charge in [0.25, 0.3) is 0 Å². The Morgan fingerprint density at radius 3 is 2.76 bits per heavy atom. The van der Waals surface area contributed by atoms with Crippen molar-refractivity contribution in [2.45, 2.75) is 56.6 Å². The molecule has 1 aromatic carbocycles. The molecule has 1 saturated carbocycles. The molecule has 12 heteroatoms. The van der Waals surface area contributed by atoms with Crippen LogP contribution in [0.15, 0.2) is 42.6 Å². The van der Waals surface area contributed by atoms with E-state index in [4.69, 9.17) is 9.47 Å². The Morgan fingerprint density at radius 2 is 2.00 bits per heavy atom. The van der Waals surface area contributed by atoms with E-state index in [9.17, 15) is 22.8 Å². The molecule has 0 bridgehead atoms. The summed E-state index contributed by atoms with van der Waals surface area (Å²) < 4.78 is 51.4. The second kappa shape index (κ2) is 11.5. The predicted octanol–water partition coefficient (Wildman–Crippen LogP) is 3.69. The Labute approximate surface area is 242 Å². The number of nitrogens with one attached hydrogen (secondary N) is 2. The van der Waals surface area contributed by atoms with Crippen LogP contribution in [-0.2, 0) is 33.4 Å².